The van der Waals surface area contributed by atoms with Gasteiger partial charge in [-0.15, -0.1) is 0 Å². The Hall–Kier alpha value is -2.56. The zero-order valence-electron chi connectivity index (χ0n) is 13.1. The maximum absolute atomic E-state index is 12.5. The second-order valence-electron chi connectivity index (χ2n) is 5.73. The molecule has 0 aliphatic heterocycles. The first-order valence-electron chi connectivity index (χ1n) is 7.83. The summed E-state index contributed by atoms with van der Waals surface area (Å²) in [5.74, 6) is 0.432. The third-order valence-corrected chi connectivity index (χ3v) is 4.23. The fraction of sp³-hybridized carbons (Fsp3) is 0.333. The summed E-state index contributed by atoms with van der Waals surface area (Å²) in [6, 6.07) is 7.45. The lowest BCUT2D eigenvalue weighted by molar-refractivity contribution is 0.0949. The molecule has 0 bridgehead atoms. The molecule has 0 radical (unpaired) electrons. The van der Waals surface area contributed by atoms with Crippen molar-refractivity contribution in [3.05, 3.63) is 63.1 Å². The Labute approximate surface area is 134 Å². The number of methoxy groups -OCH3 is 1. The molecule has 0 unspecified atom stereocenters. The molecule has 1 aliphatic rings. The molecular weight excluding hydrogens is 292 g/mol. The Kier molecular flexibility index (Phi) is 4.46. The van der Waals surface area contributed by atoms with Crippen molar-refractivity contribution in [3.8, 4) is 5.75 Å². The fourth-order valence-electron chi connectivity index (χ4n) is 2.89. The van der Waals surface area contributed by atoms with Gasteiger partial charge in [-0.3, -0.25) is 9.59 Å². The molecular formula is C18H20N2O3. The molecule has 0 fully saturated rings. The standard InChI is InChI=1S/C18H20N2O3/c1-23-13-8-6-12(7-9-13)10-20-18(22)15-11-19-16-5-3-2-4-14(16)17(15)21/h6-9,11H,2-5,10H2,1H3,(H,19,21)(H,20,22). The van der Waals surface area contributed by atoms with Crippen LogP contribution >= 0.6 is 0 Å². The average molecular weight is 312 g/mol. The van der Waals surface area contributed by atoms with E-state index in [-0.39, 0.29) is 16.9 Å². The third-order valence-electron chi connectivity index (χ3n) is 4.23. The van der Waals surface area contributed by atoms with Gasteiger partial charge in [0.1, 0.15) is 11.3 Å². The van der Waals surface area contributed by atoms with Gasteiger partial charge in [0.2, 0.25) is 0 Å². The van der Waals surface area contributed by atoms with E-state index >= 15 is 0 Å². The summed E-state index contributed by atoms with van der Waals surface area (Å²) < 4.78 is 5.10. The number of hydrogen-bond acceptors (Lipinski definition) is 3. The van der Waals surface area contributed by atoms with Crippen LogP contribution < -0.4 is 15.5 Å². The van der Waals surface area contributed by atoms with Crippen LogP contribution in [-0.2, 0) is 19.4 Å². The molecule has 23 heavy (non-hydrogen) atoms. The van der Waals surface area contributed by atoms with Gasteiger partial charge in [-0.25, -0.2) is 0 Å². The van der Waals surface area contributed by atoms with Gasteiger partial charge in [-0.05, 0) is 43.4 Å². The molecule has 1 heterocycles. The van der Waals surface area contributed by atoms with E-state index < -0.39 is 0 Å². The van der Waals surface area contributed by atoms with E-state index in [0.29, 0.717) is 6.54 Å². The molecule has 5 heteroatoms. The number of ether oxygens (including phenoxy) is 1. The summed E-state index contributed by atoms with van der Waals surface area (Å²) in [5.41, 5.74) is 2.76. The molecule has 0 atom stereocenters. The SMILES string of the molecule is COc1ccc(CNC(=O)c2c[nH]c3c(c2=O)CCCC3)cc1. The third kappa shape index (κ3) is 3.28. The number of amides is 1. The number of aryl methyl sites for hydroxylation is 1. The number of benzene rings is 1. The van der Waals surface area contributed by atoms with Crippen LogP contribution in [0, 0.1) is 0 Å². The maximum Gasteiger partial charge on any atom is 0.257 e. The molecule has 2 aromatic rings. The van der Waals surface area contributed by atoms with E-state index in [1.54, 1.807) is 7.11 Å². The quantitative estimate of drug-likeness (QED) is 0.909. The van der Waals surface area contributed by atoms with Gasteiger partial charge in [0, 0.05) is 24.0 Å². The highest BCUT2D eigenvalue weighted by Gasteiger charge is 2.18. The summed E-state index contributed by atoms with van der Waals surface area (Å²) in [4.78, 5) is 27.9. The number of aromatic amines is 1. The number of carbonyl (C=O) groups is 1. The second-order valence-corrected chi connectivity index (χ2v) is 5.73. The van der Waals surface area contributed by atoms with Crippen LogP contribution in [-0.4, -0.2) is 18.0 Å². The minimum atomic E-state index is -0.338. The molecule has 120 valence electrons. The lowest BCUT2D eigenvalue weighted by atomic mass is 9.94. The van der Waals surface area contributed by atoms with Crippen LogP contribution in [0.1, 0.15) is 40.0 Å². The Bertz CT molecular complexity index is 763. The van der Waals surface area contributed by atoms with Crippen molar-refractivity contribution in [1.29, 1.82) is 0 Å². The normalized spacial score (nSPS) is 13.3. The van der Waals surface area contributed by atoms with E-state index in [4.69, 9.17) is 4.74 Å². The number of H-pyrrole nitrogens is 1. The number of fused-ring (bicyclic) bond motifs is 1. The smallest absolute Gasteiger partial charge is 0.257 e. The summed E-state index contributed by atoms with van der Waals surface area (Å²) in [6.45, 7) is 0.374. The Morgan fingerprint density at radius 1 is 1.22 bits per heavy atom. The Morgan fingerprint density at radius 3 is 2.70 bits per heavy atom. The van der Waals surface area contributed by atoms with E-state index in [2.05, 4.69) is 10.3 Å². The molecule has 1 aromatic carbocycles. The van der Waals surface area contributed by atoms with E-state index in [9.17, 15) is 9.59 Å². The van der Waals surface area contributed by atoms with Crippen molar-refractivity contribution in [2.45, 2.75) is 32.2 Å². The molecule has 1 aromatic heterocycles. The van der Waals surface area contributed by atoms with Crippen LogP contribution in [0.15, 0.2) is 35.3 Å². The fourth-order valence-corrected chi connectivity index (χ4v) is 2.89. The summed E-state index contributed by atoms with van der Waals surface area (Å²) in [7, 11) is 1.61. The van der Waals surface area contributed by atoms with Gasteiger partial charge >= 0.3 is 0 Å². The van der Waals surface area contributed by atoms with Crippen LogP contribution in [0.4, 0.5) is 0 Å². The number of carbonyl (C=O) groups excluding carboxylic acids is 1. The largest absolute Gasteiger partial charge is 0.497 e. The number of hydrogen-bond donors (Lipinski definition) is 2. The first-order valence-corrected chi connectivity index (χ1v) is 7.83. The molecule has 2 N–H and O–H groups in total. The highest BCUT2D eigenvalue weighted by Crippen LogP contribution is 2.16. The van der Waals surface area contributed by atoms with Crippen molar-refractivity contribution in [3.63, 3.8) is 0 Å². The zero-order chi connectivity index (χ0) is 16.2. The first-order chi connectivity index (χ1) is 11.2. The molecule has 0 saturated heterocycles. The Morgan fingerprint density at radius 2 is 1.96 bits per heavy atom. The molecule has 0 saturated carbocycles. The lowest BCUT2D eigenvalue weighted by Gasteiger charge is -2.15. The van der Waals surface area contributed by atoms with E-state index in [1.807, 2.05) is 24.3 Å². The molecule has 0 spiro atoms. The zero-order valence-corrected chi connectivity index (χ0v) is 13.1. The summed E-state index contributed by atoms with van der Waals surface area (Å²) >= 11 is 0. The van der Waals surface area contributed by atoms with Crippen molar-refractivity contribution in [1.82, 2.24) is 10.3 Å². The highest BCUT2D eigenvalue weighted by molar-refractivity contribution is 5.94. The van der Waals surface area contributed by atoms with Crippen LogP contribution in [0.25, 0.3) is 0 Å². The van der Waals surface area contributed by atoms with Crippen LogP contribution in [0.5, 0.6) is 5.75 Å². The van der Waals surface area contributed by atoms with Gasteiger partial charge in [0.25, 0.3) is 5.91 Å². The predicted octanol–water partition coefficient (Wildman–Crippen LogP) is 2.19. The van der Waals surface area contributed by atoms with E-state index in [1.165, 1.54) is 6.20 Å². The monoisotopic (exact) mass is 312 g/mol. The van der Waals surface area contributed by atoms with Gasteiger partial charge in [-0.2, -0.15) is 0 Å². The molecule has 5 nitrogen and oxygen atoms in total. The summed E-state index contributed by atoms with van der Waals surface area (Å²) in [6.07, 6.45) is 5.28. The van der Waals surface area contributed by atoms with Crippen molar-refractivity contribution in [2.24, 2.45) is 0 Å². The van der Waals surface area contributed by atoms with Gasteiger partial charge in [0.15, 0.2) is 5.43 Å². The number of nitrogens with one attached hydrogen (secondary N) is 2. The minimum absolute atomic E-state index is 0.134. The Balaban J connectivity index is 1.72. The van der Waals surface area contributed by atoms with Crippen LogP contribution in [0.2, 0.25) is 0 Å². The predicted molar refractivity (Wildman–Crippen MR) is 87.9 cm³/mol. The minimum Gasteiger partial charge on any atom is -0.497 e. The highest BCUT2D eigenvalue weighted by atomic mass is 16.5. The molecule has 1 aliphatic carbocycles. The maximum atomic E-state index is 12.5. The van der Waals surface area contributed by atoms with Crippen molar-refractivity contribution < 1.29 is 9.53 Å². The van der Waals surface area contributed by atoms with Crippen molar-refractivity contribution >= 4 is 5.91 Å². The van der Waals surface area contributed by atoms with Crippen molar-refractivity contribution in [2.75, 3.05) is 7.11 Å². The number of aromatic nitrogens is 1. The number of rotatable bonds is 4. The molecule has 3 rings (SSSR count). The van der Waals surface area contributed by atoms with Crippen LogP contribution in [0.3, 0.4) is 0 Å². The second kappa shape index (κ2) is 6.69. The number of pyridine rings is 1. The summed E-state index contributed by atoms with van der Waals surface area (Å²) in [5, 5.41) is 2.80. The lowest BCUT2D eigenvalue weighted by Crippen LogP contribution is -2.31. The van der Waals surface area contributed by atoms with Gasteiger partial charge in [-0.1, -0.05) is 12.1 Å². The molecule has 1 amide bonds. The first kappa shape index (κ1) is 15.3. The van der Waals surface area contributed by atoms with Gasteiger partial charge < -0.3 is 15.0 Å². The van der Waals surface area contributed by atoms with Gasteiger partial charge in [0.05, 0.1) is 7.11 Å². The average Bonchev–Trinajstić information content (AvgIpc) is 2.60. The topological polar surface area (TPSA) is 71.2 Å². The van der Waals surface area contributed by atoms with E-state index in [0.717, 1.165) is 48.3 Å².